The number of rotatable bonds is 8. The number of hydrogen-bond acceptors (Lipinski definition) is 4. The highest BCUT2D eigenvalue weighted by atomic mass is 32.2. The molecular formula is C20H23N3OS. The van der Waals surface area contributed by atoms with E-state index in [1.165, 1.54) is 12.8 Å². The van der Waals surface area contributed by atoms with Gasteiger partial charge in [-0.15, -0.1) is 0 Å². The number of nitrogens with zero attached hydrogens (tertiary/aromatic N) is 3. The van der Waals surface area contributed by atoms with E-state index in [1.54, 1.807) is 18.0 Å². The van der Waals surface area contributed by atoms with Crippen molar-refractivity contribution in [3.63, 3.8) is 0 Å². The molecular weight excluding hydrogens is 330 g/mol. The number of unbranched alkanes of at least 4 members (excludes halogenated alkanes) is 3. The van der Waals surface area contributed by atoms with Crippen molar-refractivity contribution in [1.29, 1.82) is 0 Å². The summed E-state index contributed by atoms with van der Waals surface area (Å²) in [5.41, 5.74) is 1.82. The van der Waals surface area contributed by atoms with Crippen molar-refractivity contribution >= 4 is 22.7 Å². The lowest BCUT2D eigenvalue weighted by atomic mass is 10.2. The molecule has 0 aliphatic carbocycles. The zero-order valence-electron chi connectivity index (χ0n) is 14.5. The first-order chi connectivity index (χ1) is 12.3. The van der Waals surface area contributed by atoms with Gasteiger partial charge in [0.15, 0.2) is 5.16 Å². The molecule has 0 atom stereocenters. The van der Waals surface area contributed by atoms with Crippen LogP contribution in [0.25, 0.3) is 10.9 Å². The predicted octanol–water partition coefficient (Wildman–Crippen LogP) is 4.66. The first kappa shape index (κ1) is 17.7. The van der Waals surface area contributed by atoms with Gasteiger partial charge in [-0.05, 0) is 30.7 Å². The van der Waals surface area contributed by atoms with Gasteiger partial charge < -0.3 is 0 Å². The Balaban J connectivity index is 1.89. The summed E-state index contributed by atoms with van der Waals surface area (Å²) in [5, 5.41) is 1.48. The van der Waals surface area contributed by atoms with Gasteiger partial charge in [-0.3, -0.25) is 14.3 Å². The third kappa shape index (κ3) is 4.48. The SMILES string of the molecule is CCCCCCn1c(SCc2ccccn2)nc2ccccc2c1=O. The predicted molar refractivity (Wildman–Crippen MR) is 104 cm³/mol. The van der Waals surface area contributed by atoms with E-state index in [1.807, 2.05) is 47.0 Å². The van der Waals surface area contributed by atoms with Crippen LogP contribution in [0.2, 0.25) is 0 Å². The van der Waals surface area contributed by atoms with E-state index >= 15 is 0 Å². The number of thioether (sulfide) groups is 1. The van der Waals surface area contributed by atoms with Gasteiger partial charge in [-0.1, -0.05) is 56.1 Å². The van der Waals surface area contributed by atoms with E-state index in [-0.39, 0.29) is 5.56 Å². The van der Waals surface area contributed by atoms with Crippen molar-refractivity contribution in [1.82, 2.24) is 14.5 Å². The molecule has 5 heteroatoms. The molecule has 25 heavy (non-hydrogen) atoms. The van der Waals surface area contributed by atoms with Crippen LogP contribution in [0.4, 0.5) is 0 Å². The van der Waals surface area contributed by atoms with Gasteiger partial charge in [0.2, 0.25) is 0 Å². The molecule has 0 bridgehead atoms. The molecule has 0 N–H and O–H groups in total. The summed E-state index contributed by atoms with van der Waals surface area (Å²) in [4.78, 5) is 22.0. The Morgan fingerprint density at radius 1 is 1.04 bits per heavy atom. The minimum Gasteiger partial charge on any atom is -0.287 e. The average molecular weight is 353 g/mol. The van der Waals surface area contributed by atoms with Crippen LogP contribution in [0.3, 0.4) is 0 Å². The number of aromatic nitrogens is 3. The van der Waals surface area contributed by atoms with Crippen LogP contribution in [0.15, 0.2) is 58.6 Å². The van der Waals surface area contributed by atoms with E-state index in [0.29, 0.717) is 11.1 Å². The molecule has 0 unspecified atom stereocenters. The van der Waals surface area contributed by atoms with Gasteiger partial charge in [0, 0.05) is 18.5 Å². The molecule has 0 saturated carbocycles. The topological polar surface area (TPSA) is 47.8 Å². The maximum Gasteiger partial charge on any atom is 0.262 e. The van der Waals surface area contributed by atoms with Crippen molar-refractivity contribution < 1.29 is 0 Å². The second kappa shape index (κ2) is 8.81. The number of para-hydroxylation sites is 1. The molecule has 3 rings (SSSR count). The van der Waals surface area contributed by atoms with Crippen molar-refractivity contribution in [2.24, 2.45) is 0 Å². The number of hydrogen-bond donors (Lipinski definition) is 0. The van der Waals surface area contributed by atoms with Crippen LogP contribution in [-0.4, -0.2) is 14.5 Å². The van der Waals surface area contributed by atoms with E-state index in [2.05, 4.69) is 11.9 Å². The molecule has 1 aromatic carbocycles. The average Bonchev–Trinajstić information content (AvgIpc) is 2.66. The maximum atomic E-state index is 12.9. The molecule has 0 radical (unpaired) electrons. The molecule has 3 aromatic rings. The molecule has 130 valence electrons. The number of fused-ring (bicyclic) bond motifs is 1. The van der Waals surface area contributed by atoms with Gasteiger partial charge in [0.25, 0.3) is 5.56 Å². The Morgan fingerprint density at radius 3 is 2.68 bits per heavy atom. The largest absolute Gasteiger partial charge is 0.287 e. The van der Waals surface area contributed by atoms with Crippen LogP contribution in [-0.2, 0) is 12.3 Å². The zero-order valence-corrected chi connectivity index (χ0v) is 15.3. The first-order valence-electron chi connectivity index (χ1n) is 8.82. The molecule has 0 amide bonds. The standard InChI is InChI=1S/C20H23N3OS/c1-2-3-4-9-14-23-19(24)17-11-5-6-12-18(17)22-20(23)25-15-16-10-7-8-13-21-16/h5-8,10-13H,2-4,9,14-15H2,1H3. The maximum absolute atomic E-state index is 12.9. The minimum atomic E-state index is 0.0608. The van der Waals surface area contributed by atoms with Crippen molar-refractivity contribution in [3.05, 3.63) is 64.7 Å². The molecule has 4 nitrogen and oxygen atoms in total. The molecule has 0 spiro atoms. The van der Waals surface area contributed by atoms with Crippen molar-refractivity contribution in [2.45, 2.75) is 50.1 Å². The van der Waals surface area contributed by atoms with Gasteiger partial charge in [-0.25, -0.2) is 4.98 Å². The fourth-order valence-corrected chi connectivity index (χ4v) is 3.71. The minimum absolute atomic E-state index is 0.0608. The summed E-state index contributed by atoms with van der Waals surface area (Å²) in [6.07, 6.45) is 6.32. The fourth-order valence-electron chi connectivity index (χ4n) is 2.77. The van der Waals surface area contributed by atoms with Gasteiger partial charge in [0.1, 0.15) is 0 Å². The number of pyridine rings is 1. The Kier molecular flexibility index (Phi) is 6.23. The summed E-state index contributed by atoms with van der Waals surface area (Å²) < 4.78 is 1.84. The highest BCUT2D eigenvalue weighted by molar-refractivity contribution is 7.98. The quantitative estimate of drug-likeness (QED) is 0.336. The summed E-state index contributed by atoms with van der Waals surface area (Å²) in [6.45, 7) is 2.92. The second-order valence-corrected chi connectivity index (χ2v) is 6.98. The molecule has 0 aliphatic rings. The zero-order chi connectivity index (χ0) is 17.5. The normalized spacial score (nSPS) is 11.1. The Labute approximate surface area is 152 Å². The van der Waals surface area contributed by atoms with Crippen LogP contribution < -0.4 is 5.56 Å². The Morgan fingerprint density at radius 2 is 1.88 bits per heavy atom. The highest BCUT2D eigenvalue weighted by Gasteiger charge is 2.11. The fraction of sp³-hybridized carbons (Fsp3) is 0.350. The lowest BCUT2D eigenvalue weighted by molar-refractivity contribution is 0.531. The Hall–Kier alpha value is -2.14. The summed E-state index contributed by atoms with van der Waals surface area (Å²) >= 11 is 1.58. The summed E-state index contributed by atoms with van der Waals surface area (Å²) in [5.74, 6) is 0.709. The second-order valence-electron chi connectivity index (χ2n) is 6.04. The van der Waals surface area contributed by atoms with Crippen LogP contribution in [0.5, 0.6) is 0 Å². The van der Waals surface area contributed by atoms with Gasteiger partial charge >= 0.3 is 0 Å². The van der Waals surface area contributed by atoms with Crippen LogP contribution in [0.1, 0.15) is 38.3 Å². The van der Waals surface area contributed by atoms with E-state index in [0.717, 1.165) is 35.8 Å². The third-order valence-electron chi connectivity index (χ3n) is 4.14. The van der Waals surface area contributed by atoms with E-state index < -0.39 is 0 Å². The van der Waals surface area contributed by atoms with Crippen LogP contribution >= 0.6 is 11.8 Å². The van der Waals surface area contributed by atoms with E-state index in [4.69, 9.17) is 4.98 Å². The molecule has 2 heterocycles. The molecule has 0 fully saturated rings. The summed E-state index contributed by atoms with van der Waals surface area (Å²) in [6, 6.07) is 13.5. The van der Waals surface area contributed by atoms with E-state index in [9.17, 15) is 4.79 Å². The lowest BCUT2D eigenvalue weighted by Gasteiger charge is -2.13. The van der Waals surface area contributed by atoms with Crippen LogP contribution in [0, 0.1) is 0 Å². The van der Waals surface area contributed by atoms with Gasteiger partial charge in [0.05, 0.1) is 16.6 Å². The monoisotopic (exact) mass is 353 g/mol. The molecule has 2 aromatic heterocycles. The lowest BCUT2D eigenvalue weighted by Crippen LogP contribution is -2.23. The smallest absolute Gasteiger partial charge is 0.262 e. The van der Waals surface area contributed by atoms with Gasteiger partial charge in [-0.2, -0.15) is 0 Å². The van der Waals surface area contributed by atoms with Crippen molar-refractivity contribution in [3.8, 4) is 0 Å². The first-order valence-corrected chi connectivity index (χ1v) is 9.80. The van der Waals surface area contributed by atoms with Crippen molar-refractivity contribution in [2.75, 3.05) is 0 Å². The highest BCUT2D eigenvalue weighted by Crippen LogP contribution is 2.21. The summed E-state index contributed by atoms with van der Waals surface area (Å²) in [7, 11) is 0. The Bertz CT molecular complexity index is 877. The molecule has 0 saturated heterocycles. The third-order valence-corrected chi connectivity index (χ3v) is 5.15. The number of benzene rings is 1. The molecule has 0 aliphatic heterocycles.